The van der Waals surface area contributed by atoms with Crippen molar-refractivity contribution in [2.75, 3.05) is 7.11 Å². The van der Waals surface area contributed by atoms with Gasteiger partial charge < -0.3 is 30.9 Å². The summed E-state index contributed by atoms with van der Waals surface area (Å²) < 4.78 is 5.34. The fourth-order valence-electron chi connectivity index (χ4n) is 4.03. The van der Waals surface area contributed by atoms with Crippen LogP contribution in [0.1, 0.15) is 65.7 Å². The molecule has 0 aliphatic heterocycles. The number of hydrogen-bond donors (Lipinski definition) is 5. The Kier molecular flexibility index (Phi) is 17.0. The number of aliphatic hydroxyl groups is 2. The number of Topliss-reactive ketones (excluding diaryl/α,β-unsaturated/α-hetero) is 1. The minimum Gasteiger partial charge on any atom is -0.481 e. The second-order valence-electron chi connectivity index (χ2n) is 9.43. The molecule has 0 saturated heterocycles. The molecular formula is C27H43NO9. The van der Waals surface area contributed by atoms with Gasteiger partial charge in [-0.15, -0.1) is 0 Å². The highest BCUT2D eigenvalue weighted by molar-refractivity contribution is 5.82. The minimum atomic E-state index is -1.03. The molecule has 1 amide bonds. The smallest absolute Gasteiger partial charge is 0.327 e. The van der Waals surface area contributed by atoms with Crippen LogP contribution in [0.4, 0.5) is 0 Å². The number of aliphatic carboxylic acids is 2. The van der Waals surface area contributed by atoms with E-state index >= 15 is 0 Å². The first-order valence-electron chi connectivity index (χ1n) is 12.5. The van der Waals surface area contributed by atoms with Gasteiger partial charge in [-0.05, 0) is 44.1 Å². The topological polar surface area (TPSA) is 184 Å². The van der Waals surface area contributed by atoms with Crippen molar-refractivity contribution < 1.29 is 44.3 Å². The van der Waals surface area contributed by atoms with Crippen molar-refractivity contribution in [1.29, 1.82) is 0 Å². The van der Waals surface area contributed by atoms with E-state index in [1.807, 2.05) is 0 Å². The number of unbranched alkanes of at least 4 members (excludes halogenated alkanes) is 1. The molecule has 0 rings (SSSR count). The first-order chi connectivity index (χ1) is 17.3. The Morgan fingerprint density at radius 1 is 1.00 bits per heavy atom. The molecule has 0 radical (unpaired) electrons. The molecule has 0 aliphatic carbocycles. The van der Waals surface area contributed by atoms with E-state index in [0.29, 0.717) is 31.3 Å². The van der Waals surface area contributed by atoms with Crippen LogP contribution in [0.15, 0.2) is 36.0 Å². The fraction of sp³-hybridized carbons (Fsp3) is 0.630. The largest absolute Gasteiger partial charge is 0.481 e. The highest BCUT2D eigenvalue weighted by Gasteiger charge is 2.29. The van der Waals surface area contributed by atoms with Crippen molar-refractivity contribution in [3.05, 3.63) is 36.0 Å². The van der Waals surface area contributed by atoms with Crippen molar-refractivity contribution in [1.82, 2.24) is 0 Å². The average molecular weight is 526 g/mol. The van der Waals surface area contributed by atoms with Gasteiger partial charge in [0.25, 0.3) is 0 Å². The summed E-state index contributed by atoms with van der Waals surface area (Å²) in [7, 11) is 1.44. The number of carboxylic acids is 2. The lowest BCUT2D eigenvalue weighted by Crippen LogP contribution is -2.39. The number of carbonyl (C=O) groups excluding carboxylic acids is 2. The number of ketones is 1. The van der Waals surface area contributed by atoms with Crippen molar-refractivity contribution in [2.24, 2.45) is 23.5 Å². The van der Waals surface area contributed by atoms with Crippen molar-refractivity contribution in [2.45, 2.75) is 84.0 Å². The summed E-state index contributed by atoms with van der Waals surface area (Å²) in [6.45, 7) is 5.06. The van der Waals surface area contributed by atoms with Crippen LogP contribution in [0, 0.1) is 17.8 Å². The Balaban J connectivity index is 4.92. The molecule has 0 saturated carbocycles. The van der Waals surface area contributed by atoms with Gasteiger partial charge in [-0.3, -0.25) is 14.4 Å². The number of nitrogens with two attached hydrogens (primary N) is 1. The number of carboxylic acid groups (broad SMARTS) is 2. The molecule has 6 N–H and O–H groups in total. The van der Waals surface area contributed by atoms with E-state index in [-0.39, 0.29) is 25.0 Å². The molecule has 0 bridgehead atoms. The van der Waals surface area contributed by atoms with Crippen LogP contribution in [0.5, 0.6) is 0 Å². The Hall–Kier alpha value is -2.82. The average Bonchev–Trinajstić information content (AvgIpc) is 2.80. The van der Waals surface area contributed by atoms with Gasteiger partial charge in [-0.1, -0.05) is 38.2 Å². The maximum Gasteiger partial charge on any atom is 0.327 e. The van der Waals surface area contributed by atoms with Gasteiger partial charge in [0.2, 0.25) is 5.91 Å². The van der Waals surface area contributed by atoms with Crippen LogP contribution in [0.2, 0.25) is 0 Å². The molecule has 10 nitrogen and oxygen atoms in total. The molecule has 210 valence electrons. The highest BCUT2D eigenvalue weighted by atomic mass is 16.5. The third-order valence-corrected chi connectivity index (χ3v) is 6.21. The zero-order valence-corrected chi connectivity index (χ0v) is 22.2. The van der Waals surface area contributed by atoms with Crippen LogP contribution < -0.4 is 5.73 Å². The molecule has 0 aliphatic rings. The fourth-order valence-corrected chi connectivity index (χ4v) is 4.03. The van der Waals surface area contributed by atoms with E-state index in [2.05, 4.69) is 0 Å². The number of primary amides is 1. The number of allylic oxidation sites excluding steroid dienone is 3. The lowest BCUT2D eigenvalue weighted by atomic mass is 9.87. The summed E-state index contributed by atoms with van der Waals surface area (Å²) in [5.41, 5.74) is 5.71. The third-order valence-electron chi connectivity index (χ3n) is 6.21. The van der Waals surface area contributed by atoms with Crippen LogP contribution in [0.25, 0.3) is 0 Å². The van der Waals surface area contributed by atoms with Gasteiger partial charge in [0.05, 0.1) is 12.2 Å². The molecule has 0 aromatic carbocycles. The van der Waals surface area contributed by atoms with Gasteiger partial charge >= 0.3 is 11.9 Å². The van der Waals surface area contributed by atoms with Crippen LogP contribution >= 0.6 is 0 Å². The maximum absolute atomic E-state index is 12.6. The lowest BCUT2D eigenvalue weighted by Gasteiger charge is -2.29. The van der Waals surface area contributed by atoms with Gasteiger partial charge in [0.15, 0.2) is 0 Å². The Labute approximate surface area is 218 Å². The van der Waals surface area contributed by atoms with E-state index < -0.39 is 53.9 Å². The van der Waals surface area contributed by atoms with E-state index in [1.165, 1.54) is 13.2 Å². The molecule has 0 unspecified atom stereocenters. The second-order valence-corrected chi connectivity index (χ2v) is 9.43. The molecule has 10 heteroatoms. The lowest BCUT2D eigenvalue weighted by molar-refractivity contribution is -0.138. The van der Waals surface area contributed by atoms with E-state index in [1.54, 1.807) is 39.0 Å². The van der Waals surface area contributed by atoms with Crippen molar-refractivity contribution in [3.8, 4) is 0 Å². The Bertz CT molecular complexity index is 818. The molecule has 0 fully saturated rings. The van der Waals surface area contributed by atoms with Gasteiger partial charge in [-0.25, -0.2) is 4.79 Å². The summed E-state index contributed by atoms with van der Waals surface area (Å²) in [4.78, 5) is 45.1. The van der Waals surface area contributed by atoms with Crippen LogP contribution in [-0.2, 0) is 23.9 Å². The number of ether oxygens (including phenoxy) is 1. The predicted octanol–water partition coefficient (Wildman–Crippen LogP) is 2.62. The quantitative estimate of drug-likeness (QED) is 0.0905. The summed E-state index contributed by atoms with van der Waals surface area (Å²) in [6, 6.07) is 0. The van der Waals surface area contributed by atoms with E-state index in [4.69, 9.17) is 20.7 Å². The number of aliphatic hydroxyl groups excluding tert-OH is 2. The minimum absolute atomic E-state index is 0.0408. The van der Waals surface area contributed by atoms with Crippen LogP contribution in [-0.4, -0.2) is 69.5 Å². The van der Waals surface area contributed by atoms with E-state index in [0.717, 1.165) is 6.08 Å². The number of rotatable bonds is 20. The predicted molar refractivity (Wildman–Crippen MR) is 138 cm³/mol. The number of hydrogen-bond acceptors (Lipinski definition) is 7. The van der Waals surface area contributed by atoms with Gasteiger partial charge in [-0.2, -0.15) is 0 Å². The molecule has 0 heterocycles. The molecule has 0 aromatic rings. The summed E-state index contributed by atoms with van der Waals surface area (Å²) in [6.07, 6.45) is 6.83. The second kappa shape index (κ2) is 18.4. The standard InChI is InChI=1S/C27H43NO9/c1-17(21(29)11-9-10-20(15-23(28)30)16-25(33)34)14-18(2)26(35)19(3)27(36)22(37-4)12-7-5-6-8-13-24(31)32/h7-8,12-14,17,19-20,22,26-27,35-36H,5-6,9-11,15-16H2,1-4H3,(H2,28,30)(H,31,32)(H,33,34)/b12-7+,13-8+,18-14+/t17-,19+,20+,22+,26+,27+/m0/s1. The summed E-state index contributed by atoms with van der Waals surface area (Å²) in [5, 5.41) is 39.0. The SMILES string of the molecule is CO[C@H](/C=C/CC/C=C/C(=O)O)[C@H](O)[C@H](C)[C@H](O)/C(C)=C/[C@H](C)C(=O)CCC[C@H](CC(N)=O)CC(=O)O. The first-order valence-corrected chi connectivity index (χ1v) is 12.5. The maximum atomic E-state index is 12.6. The summed E-state index contributed by atoms with van der Waals surface area (Å²) in [5.74, 6) is -4.20. The highest BCUT2D eigenvalue weighted by Crippen LogP contribution is 2.23. The Morgan fingerprint density at radius 3 is 2.16 bits per heavy atom. The summed E-state index contributed by atoms with van der Waals surface area (Å²) >= 11 is 0. The van der Waals surface area contributed by atoms with Crippen molar-refractivity contribution >= 4 is 23.6 Å². The number of amides is 1. The normalized spacial score (nSPS) is 17.3. The molecule has 0 spiro atoms. The number of methoxy groups -OCH3 is 1. The molecule has 6 atom stereocenters. The third kappa shape index (κ3) is 15.1. The Morgan fingerprint density at radius 2 is 1.62 bits per heavy atom. The molecule has 37 heavy (non-hydrogen) atoms. The van der Waals surface area contributed by atoms with Crippen molar-refractivity contribution in [3.63, 3.8) is 0 Å². The zero-order chi connectivity index (χ0) is 28.5. The monoisotopic (exact) mass is 525 g/mol. The van der Waals surface area contributed by atoms with Gasteiger partial charge in [0, 0.05) is 44.3 Å². The van der Waals surface area contributed by atoms with Gasteiger partial charge in [0.1, 0.15) is 11.9 Å². The zero-order valence-electron chi connectivity index (χ0n) is 22.2. The van der Waals surface area contributed by atoms with E-state index in [9.17, 15) is 29.4 Å². The molecular weight excluding hydrogens is 482 g/mol. The molecule has 0 aromatic heterocycles. The number of carbonyl (C=O) groups is 4. The first kappa shape index (κ1) is 34.2. The van der Waals surface area contributed by atoms with Crippen LogP contribution in [0.3, 0.4) is 0 Å².